The highest BCUT2D eigenvalue weighted by molar-refractivity contribution is 5.82. The summed E-state index contributed by atoms with van der Waals surface area (Å²) in [4.78, 5) is 34.1. The molecule has 2 amide bonds. The topological polar surface area (TPSA) is 67.2 Å². The molecule has 4 aromatic rings. The molecule has 6 nitrogen and oxygen atoms in total. The summed E-state index contributed by atoms with van der Waals surface area (Å²) in [5, 5.41) is 3.09. The van der Waals surface area contributed by atoms with E-state index in [0.29, 0.717) is 38.0 Å². The number of nitrogens with one attached hydrogen (secondary N) is 1. The molecular weight excluding hydrogens is 544 g/mol. The van der Waals surface area contributed by atoms with Crippen molar-refractivity contribution in [2.75, 3.05) is 6.54 Å². The van der Waals surface area contributed by atoms with Crippen LogP contribution in [-0.2, 0) is 29.0 Å². The molecule has 0 unspecified atom stereocenters. The molecule has 0 bridgehead atoms. The number of rotatable bonds is 11. The van der Waals surface area contributed by atoms with Gasteiger partial charge >= 0.3 is 0 Å². The fourth-order valence-electron chi connectivity index (χ4n) is 7.30. The van der Waals surface area contributed by atoms with Gasteiger partial charge in [0, 0.05) is 25.0 Å². The fraction of sp³-hybridized carbons (Fsp3) is 0.447. The third-order valence-electron chi connectivity index (χ3n) is 9.58. The summed E-state index contributed by atoms with van der Waals surface area (Å²) >= 11 is 0. The lowest BCUT2D eigenvalue weighted by Crippen LogP contribution is -2.50. The average Bonchev–Trinajstić information content (AvgIpc) is 3.42. The normalized spacial score (nSPS) is 16.2. The van der Waals surface area contributed by atoms with Crippen LogP contribution in [0.25, 0.3) is 22.2 Å². The smallest absolute Gasteiger partial charge is 0.243 e. The van der Waals surface area contributed by atoms with Gasteiger partial charge in [-0.3, -0.25) is 9.59 Å². The number of para-hydroxylation sites is 2. The molecule has 3 aromatic carbocycles. The third kappa shape index (κ3) is 7.40. The van der Waals surface area contributed by atoms with Crippen molar-refractivity contribution < 1.29 is 9.59 Å². The number of amides is 2. The van der Waals surface area contributed by atoms with E-state index in [1.165, 1.54) is 44.1 Å². The van der Waals surface area contributed by atoms with Crippen LogP contribution in [0.3, 0.4) is 0 Å². The summed E-state index contributed by atoms with van der Waals surface area (Å²) in [6.45, 7) is 0.919. The highest BCUT2D eigenvalue weighted by Gasteiger charge is 2.33. The summed E-state index contributed by atoms with van der Waals surface area (Å²) in [6, 6.07) is 27.4. The second-order valence-electron chi connectivity index (χ2n) is 12.7. The molecular formula is C38H46N4O2. The Hall–Kier alpha value is -3.93. The zero-order valence-corrected chi connectivity index (χ0v) is 25.9. The van der Waals surface area contributed by atoms with Crippen LogP contribution in [0.5, 0.6) is 0 Å². The first kappa shape index (κ1) is 30.1. The van der Waals surface area contributed by atoms with Crippen LogP contribution >= 0.6 is 0 Å². The van der Waals surface area contributed by atoms with E-state index >= 15 is 0 Å². The Kier molecular flexibility index (Phi) is 10.1. The van der Waals surface area contributed by atoms with Gasteiger partial charge in [-0.1, -0.05) is 105 Å². The molecule has 2 aliphatic rings. The summed E-state index contributed by atoms with van der Waals surface area (Å²) in [6.07, 6.45) is 13.9. The molecule has 0 spiro atoms. The average molecular weight is 591 g/mol. The highest BCUT2D eigenvalue weighted by atomic mass is 16.2. The molecule has 0 atom stereocenters. The number of benzene rings is 3. The monoisotopic (exact) mass is 590 g/mol. The zero-order chi connectivity index (χ0) is 30.1. The van der Waals surface area contributed by atoms with Gasteiger partial charge in [-0.2, -0.15) is 0 Å². The van der Waals surface area contributed by atoms with E-state index < -0.39 is 0 Å². The van der Waals surface area contributed by atoms with Crippen molar-refractivity contribution in [3.63, 3.8) is 0 Å². The lowest BCUT2D eigenvalue weighted by Gasteiger charge is -2.42. The van der Waals surface area contributed by atoms with Crippen molar-refractivity contribution in [1.82, 2.24) is 19.8 Å². The predicted octanol–water partition coefficient (Wildman–Crippen LogP) is 7.49. The Morgan fingerprint density at radius 2 is 1.36 bits per heavy atom. The maximum Gasteiger partial charge on any atom is 0.243 e. The fourth-order valence-corrected chi connectivity index (χ4v) is 7.30. The van der Waals surface area contributed by atoms with Gasteiger partial charge in [0.1, 0.15) is 12.4 Å². The number of aromatic nitrogens is 2. The van der Waals surface area contributed by atoms with E-state index in [2.05, 4.69) is 45.1 Å². The van der Waals surface area contributed by atoms with Crippen LogP contribution in [0.1, 0.15) is 82.0 Å². The Morgan fingerprint density at radius 3 is 2.05 bits per heavy atom. The molecule has 0 radical (unpaired) electrons. The molecule has 1 heterocycles. The van der Waals surface area contributed by atoms with E-state index in [-0.39, 0.29) is 11.8 Å². The van der Waals surface area contributed by atoms with E-state index in [9.17, 15) is 9.59 Å². The van der Waals surface area contributed by atoms with Gasteiger partial charge in [-0.05, 0) is 60.9 Å². The van der Waals surface area contributed by atoms with Crippen molar-refractivity contribution in [1.29, 1.82) is 0 Å². The molecule has 44 heavy (non-hydrogen) atoms. The van der Waals surface area contributed by atoms with E-state index in [1.54, 1.807) is 0 Å². The lowest BCUT2D eigenvalue weighted by molar-refractivity contribution is -0.138. The van der Waals surface area contributed by atoms with Crippen LogP contribution in [-0.4, -0.2) is 44.9 Å². The number of carbonyl (C=O) groups is 2. The number of nitrogens with zero attached hydrogens (tertiary/aromatic N) is 3. The molecule has 0 aliphatic heterocycles. The number of carbonyl (C=O) groups excluding carboxylic acids is 2. The largest absolute Gasteiger partial charge is 0.356 e. The standard InChI is InChI=1S/C38H46N4O2/c43-37(27-29-22-24-31(25-23-29)30-13-4-1-5-14-30)39-26-12-21-36-40-34-19-10-11-20-35(34)41(36)28-38(44)42(32-15-6-2-7-16-32)33-17-8-3-9-18-33/h1,4-5,10-11,13-14,19-20,22-25,32-33H,2-3,6-9,12,15-18,21,26-28H2,(H,39,43). The summed E-state index contributed by atoms with van der Waals surface area (Å²) in [5.41, 5.74) is 5.28. The van der Waals surface area contributed by atoms with Gasteiger partial charge in [0.25, 0.3) is 0 Å². The van der Waals surface area contributed by atoms with Gasteiger partial charge in [-0.15, -0.1) is 0 Å². The first-order valence-electron chi connectivity index (χ1n) is 16.8. The third-order valence-corrected chi connectivity index (χ3v) is 9.58. The summed E-state index contributed by atoms with van der Waals surface area (Å²) in [7, 11) is 0. The molecule has 1 aromatic heterocycles. The Labute approximate surface area is 261 Å². The minimum absolute atomic E-state index is 0.0248. The van der Waals surface area contributed by atoms with Gasteiger partial charge < -0.3 is 14.8 Å². The molecule has 2 fully saturated rings. The van der Waals surface area contributed by atoms with Crippen LogP contribution in [0.4, 0.5) is 0 Å². The van der Waals surface area contributed by atoms with Gasteiger partial charge in [0.2, 0.25) is 11.8 Å². The molecule has 1 N–H and O–H groups in total. The Morgan fingerprint density at radius 1 is 0.750 bits per heavy atom. The predicted molar refractivity (Wildman–Crippen MR) is 177 cm³/mol. The molecule has 2 saturated carbocycles. The van der Waals surface area contributed by atoms with E-state index in [0.717, 1.165) is 60.1 Å². The van der Waals surface area contributed by atoms with Crippen LogP contribution in [0, 0.1) is 0 Å². The minimum atomic E-state index is 0.0248. The highest BCUT2D eigenvalue weighted by Crippen LogP contribution is 2.31. The van der Waals surface area contributed by atoms with Gasteiger partial charge in [0.15, 0.2) is 0 Å². The number of fused-ring (bicyclic) bond motifs is 1. The summed E-state index contributed by atoms with van der Waals surface area (Å²) < 4.78 is 2.15. The maximum absolute atomic E-state index is 14.1. The van der Waals surface area contributed by atoms with Crippen molar-refractivity contribution in [3.05, 3.63) is 90.3 Å². The molecule has 0 saturated heterocycles. The molecule has 6 heteroatoms. The van der Waals surface area contributed by atoms with Gasteiger partial charge in [0.05, 0.1) is 17.5 Å². The number of hydrogen-bond acceptors (Lipinski definition) is 3. The first-order chi connectivity index (χ1) is 21.7. The van der Waals surface area contributed by atoms with Gasteiger partial charge in [-0.25, -0.2) is 4.98 Å². The Balaban J connectivity index is 1.07. The SMILES string of the molecule is O=C(Cc1ccc(-c2ccccc2)cc1)NCCCc1nc2ccccc2n1CC(=O)N(C1CCCCC1)C1CCCCC1. The zero-order valence-electron chi connectivity index (χ0n) is 25.9. The molecule has 6 rings (SSSR count). The number of hydrogen-bond donors (Lipinski definition) is 1. The van der Waals surface area contributed by atoms with Crippen LogP contribution in [0.15, 0.2) is 78.9 Å². The van der Waals surface area contributed by atoms with Crippen molar-refractivity contribution in [3.8, 4) is 11.1 Å². The van der Waals surface area contributed by atoms with Crippen LogP contribution in [0.2, 0.25) is 0 Å². The maximum atomic E-state index is 14.1. The van der Waals surface area contributed by atoms with E-state index in [1.807, 2.05) is 48.5 Å². The molecule has 230 valence electrons. The van der Waals surface area contributed by atoms with Crippen molar-refractivity contribution in [2.24, 2.45) is 0 Å². The van der Waals surface area contributed by atoms with E-state index in [4.69, 9.17) is 4.98 Å². The summed E-state index contributed by atoms with van der Waals surface area (Å²) in [5.74, 6) is 1.20. The number of imidazole rings is 1. The van der Waals surface area contributed by atoms with Crippen LogP contribution < -0.4 is 5.32 Å². The van der Waals surface area contributed by atoms with Crippen molar-refractivity contribution in [2.45, 2.75) is 102 Å². The quantitative estimate of drug-likeness (QED) is 0.184. The lowest BCUT2D eigenvalue weighted by atomic mass is 9.88. The Bertz CT molecular complexity index is 1500. The first-order valence-corrected chi connectivity index (χ1v) is 16.8. The minimum Gasteiger partial charge on any atom is -0.356 e. The number of aryl methyl sites for hydroxylation is 1. The molecule has 2 aliphatic carbocycles. The second kappa shape index (κ2) is 14.7. The van der Waals surface area contributed by atoms with Crippen molar-refractivity contribution >= 4 is 22.8 Å². The second-order valence-corrected chi connectivity index (χ2v) is 12.7.